The molecule has 0 aliphatic carbocycles. The van der Waals surface area contributed by atoms with Crippen LogP contribution in [0.4, 0.5) is 5.95 Å². The van der Waals surface area contributed by atoms with Crippen molar-refractivity contribution in [3.63, 3.8) is 0 Å². The van der Waals surface area contributed by atoms with Gasteiger partial charge in [0.25, 0.3) is 0 Å². The van der Waals surface area contributed by atoms with E-state index in [0.29, 0.717) is 17.5 Å². The van der Waals surface area contributed by atoms with E-state index in [0.717, 1.165) is 61.1 Å². The van der Waals surface area contributed by atoms with Gasteiger partial charge in [-0.25, -0.2) is 9.97 Å². The molecular formula is C22H27ClN6O. The van der Waals surface area contributed by atoms with Crippen LogP contribution in [-0.4, -0.2) is 58.9 Å². The number of aromatic nitrogens is 4. The predicted molar refractivity (Wildman–Crippen MR) is 118 cm³/mol. The summed E-state index contributed by atoms with van der Waals surface area (Å²) < 4.78 is 5.78. The molecule has 0 amide bonds. The van der Waals surface area contributed by atoms with Crippen molar-refractivity contribution >= 4 is 17.5 Å². The van der Waals surface area contributed by atoms with Gasteiger partial charge in [-0.3, -0.25) is 10.00 Å². The number of ether oxygens (including phenoxy) is 1. The quantitative estimate of drug-likeness (QED) is 0.594. The molecular weight excluding hydrogens is 400 g/mol. The second kappa shape index (κ2) is 9.45. The maximum atomic E-state index is 5.90. The summed E-state index contributed by atoms with van der Waals surface area (Å²) in [6, 6.07) is 9.60. The molecule has 4 rings (SSSR count). The predicted octanol–water partition coefficient (Wildman–Crippen LogP) is 3.53. The molecule has 0 bridgehead atoms. The summed E-state index contributed by atoms with van der Waals surface area (Å²) >= 11 is 5.90. The van der Waals surface area contributed by atoms with Crippen molar-refractivity contribution in [2.75, 3.05) is 38.7 Å². The van der Waals surface area contributed by atoms with E-state index in [9.17, 15) is 0 Å². The number of halogens is 1. The molecule has 1 fully saturated rings. The average Bonchev–Trinajstić information content (AvgIpc) is 3.39. The van der Waals surface area contributed by atoms with Gasteiger partial charge in [0.15, 0.2) is 0 Å². The second-order valence-electron chi connectivity index (χ2n) is 7.88. The largest absolute Gasteiger partial charge is 0.493 e. The number of aromatic amines is 1. The molecule has 1 aliphatic rings. The summed E-state index contributed by atoms with van der Waals surface area (Å²) in [5.74, 6) is 2.02. The molecule has 30 heavy (non-hydrogen) atoms. The van der Waals surface area contributed by atoms with E-state index >= 15 is 0 Å². The zero-order valence-electron chi connectivity index (χ0n) is 17.4. The van der Waals surface area contributed by atoms with Crippen LogP contribution in [0.25, 0.3) is 0 Å². The summed E-state index contributed by atoms with van der Waals surface area (Å²) in [6.45, 7) is 3.53. The van der Waals surface area contributed by atoms with E-state index < -0.39 is 0 Å². The maximum absolute atomic E-state index is 5.90. The van der Waals surface area contributed by atoms with Gasteiger partial charge in [-0.1, -0.05) is 11.6 Å². The first-order valence-electron chi connectivity index (χ1n) is 10.2. The Morgan fingerprint density at radius 2 is 1.97 bits per heavy atom. The summed E-state index contributed by atoms with van der Waals surface area (Å²) in [5, 5.41) is 8.43. The lowest BCUT2D eigenvalue weighted by molar-refractivity contribution is 0.320. The second-order valence-corrected chi connectivity index (χ2v) is 8.31. The van der Waals surface area contributed by atoms with Gasteiger partial charge >= 0.3 is 0 Å². The topological polar surface area (TPSA) is 70.2 Å². The lowest BCUT2D eigenvalue weighted by Crippen LogP contribution is -2.20. The van der Waals surface area contributed by atoms with E-state index in [1.54, 1.807) is 0 Å². The lowest BCUT2D eigenvalue weighted by atomic mass is 10.0. The molecule has 158 valence electrons. The standard InChI is InChI=1S/C22H27ClN6O/c1-28(2)22-24-12-16(13-25-22)14-29-9-7-17(15-29)21-11-19(26-27-21)8-10-30-20-5-3-18(23)4-6-20/h3-6,11-13,17H,7-10,14-15H2,1-2H3,(H,26,27)/t17-/m1/s1. The lowest BCUT2D eigenvalue weighted by Gasteiger charge is -2.16. The van der Waals surface area contributed by atoms with Crippen LogP contribution in [0.5, 0.6) is 5.75 Å². The van der Waals surface area contributed by atoms with Crippen LogP contribution in [-0.2, 0) is 13.0 Å². The molecule has 1 aromatic carbocycles. The monoisotopic (exact) mass is 426 g/mol. The molecule has 3 aromatic rings. The van der Waals surface area contributed by atoms with Crippen LogP contribution in [0.15, 0.2) is 42.7 Å². The Bertz CT molecular complexity index is 941. The van der Waals surface area contributed by atoms with E-state index in [4.69, 9.17) is 16.3 Å². The summed E-state index contributed by atoms with van der Waals surface area (Å²) in [4.78, 5) is 13.2. The van der Waals surface area contributed by atoms with Crippen molar-refractivity contribution < 1.29 is 4.74 Å². The van der Waals surface area contributed by atoms with Crippen molar-refractivity contribution in [2.45, 2.75) is 25.3 Å². The number of hydrogen-bond acceptors (Lipinski definition) is 6. The van der Waals surface area contributed by atoms with Crippen molar-refractivity contribution in [2.24, 2.45) is 0 Å². The summed E-state index contributed by atoms with van der Waals surface area (Å²) in [5.41, 5.74) is 3.38. The zero-order chi connectivity index (χ0) is 20.9. The minimum absolute atomic E-state index is 0.453. The molecule has 0 radical (unpaired) electrons. The SMILES string of the molecule is CN(C)c1ncc(CN2CC[C@@H](c3cc(CCOc4ccc(Cl)cc4)[nH]n3)C2)cn1. The molecule has 7 nitrogen and oxygen atoms in total. The highest BCUT2D eigenvalue weighted by Crippen LogP contribution is 2.27. The molecule has 0 spiro atoms. The Balaban J connectivity index is 1.25. The molecule has 1 N–H and O–H groups in total. The molecule has 8 heteroatoms. The number of likely N-dealkylation sites (tertiary alicyclic amines) is 1. The van der Waals surface area contributed by atoms with E-state index in [-0.39, 0.29) is 0 Å². The molecule has 0 saturated carbocycles. The molecule has 1 aliphatic heterocycles. The zero-order valence-corrected chi connectivity index (χ0v) is 18.1. The minimum atomic E-state index is 0.453. The van der Waals surface area contributed by atoms with Gasteiger partial charge in [-0.15, -0.1) is 0 Å². The molecule has 1 saturated heterocycles. The van der Waals surface area contributed by atoms with Gasteiger partial charge in [0.2, 0.25) is 5.95 Å². The highest BCUT2D eigenvalue weighted by Gasteiger charge is 2.26. The first-order chi connectivity index (χ1) is 14.6. The number of hydrogen-bond donors (Lipinski definition) is 1. The number of benzene rings is 1. The highest BCUT2D eigenvalue weighted by molar-refractivity contribution is 6.30. The molecule has 2 aromatic heterocycles. The Kier molecular flexibility index (Phi) is 6.50. The van der Waals surface area contributed by atoms with Crippen LogP contribution in [0.3, 0.4) is 0 Å². The highest BCUT2D eigenvalue weighted by atomic mass is 35.5. The summed E-state index contributed by atoms with van der Waals surface area (Å²) in [7, 11) is 3.89. The first-order valence-corrected chi connectivity index (χ1v) is 10.6. The Morgan fingerprint density at radius 1 is 1.20 bits per heavy atom. The van der Waals surface area contributed by atoms with Gasteiger partial charge in [0.05, 0.1) is 12.3 Å². The van der Waals surface area contributed by atoms with Crippen molar-refractivity contribution in [3.8, 4) is 5.75 Å². The maximum Gasteiger partial charge on any atom is 0.224 e. The fourth-order valence-corrected chi connectivity index (χ4v) is 3.79. The first kappa shape index (κ1) is 20.6. The number of anilines is 1. The Hall–Kier alpha value is -2.64. The smallest absolute Gasteiger partial charge is 0.224 e. The number of nitrogens with one attached hydrogen (secondary N) is 1. The number of H-pyrrole nitrogens is 1. The molecule has 0 unspecified atom stereocenters. The molecule has 3 heterocycles. The van der Waals surface area contributed by atoms with Gasteiger partial charge in [0, 0.05) is 68.2 Å². The number of nitrogens with zero attached hydrogens (tertiary/aromatic N) is 5. The molecule has 1 atom stereocenters. The van der Waals surface area contributed by atoms with E-state index in [1.807, 2.05) is 55.7 Å². The van der Waals surface area contributed by atoms with Crippen molar-refractivity contribution in [3.05, 3.63) is 64.7 Å². The van der Waals surface area contributed by atoms with E-state index in [2.05, 4.69) is 31.1 Å². The van der Waals surface area contributed by atoms with Crippen LogP contribution in [0.2, 0.25) is 5.02 Å². The van der Waals surface area contributed by atoms with Crippen molar-refractivity contribution in [1.82, 2.24) is 25.1 Å². The number of rotatable bonds is 8. The average molecular weight is 427 g/mol. The third-order valence-electron chi connectivity index (χ3n) is 5.29. The van der Waals surface area contributed by atoms with Gasteiger partial charge in [-0.2, -0.15) is 5.10 Å². The fraction of sp³-hybridized carbons (Fsp3) is 0.409. The Morgan fingerprint density at radius 3 is 2.70 bits per heavy atom. The van der Waals surface area contributed by atoms with E-state index in [1.165, 1.54) is 0 Å². The summed E-state index contributed by atoms with van der Waals surface area (Å²) in [6.07, 6.45) is 5.75. The fourth-order valence-electron chi connectivity index (χ4n) is 3.66. The third kappa shape index (κ3) is 5.29. The van der Waals surface area contributed by atoms with Gasteiger partial charge < -0.3 is 9.64 Å². The van der Waals surface area contributed by atoms with Crippen molar-refractivity contribution in [1.29, 1.82) is 0 Å². The van der Waals surface area contributed by atoms with Gasteiger partial charge in [-0.05, 0) is 43.3 Å². The Labute approximate surface area is 182 Å². The van der Waals surface area contributed by atoms with Crippen LogP contribution in [0, 0.1) is 0 Å². The van der Waals surface area contributed by atoms with Crippen LogP contribution in [0.1, 0.15) is 29.3 Å². The normalized spacial score (nSPS) is 16.7. The van der Waals surface area contributed by atoms with Crippen LogP contribution < -0.4 is 9.64 Å². The minimum Gasteiger partial charge on any atom is -0.493 e. The van der Waals surface area contributed by atoms with Gasteiger partial charge in [0.1, 0.15) is 5.75 Å². The third-order valence-corrected chi connectivity index (χ3v) is 5.54. The van der Waals surface area contributed by atoms with Crippen LogP contribution >= 0.6 is 11.6 Å².